The highest BCUT2D eigenvalue weighted by Crippen LogP contribution is 2.37. The fourth-order valence-corrected chi connectivity index (χ4v) is 13.1. The van der Waals surface area contributed by atoms with E-state index in [1.54, 1.807) is 85.5 Å². The summed E-state index contributed by atoms with van der Waals surface area (Å²) in [5, 5.41) is 39.3. The van der Waals surface area contributed by atoms with Crippen LogP contribution in [0.3, 0.4) is 0 Å². The minimum Gasteiger partial charge on any atom is -0.481 e. The van der Waals surface area contributed by atoms with Crippen LogP contribution in [-0.4, -0.2) is 74.6 Å². The first kappa shape index (κ1) is 73.1. The molecule has 20 nitrogen and oxygen atoms in total. The zero-order valence-electron chi connectivity index (χ0n) is 57.9. The third-order valence-electron chi connectivity index (χ3n) is 18.1. The van der Waals surface area contributed by atoms with Crippen LogP contribution in [0.1, 0.15) is 155 Å². The monoisotopic (exact) mass is 1350 g/mol. The lowest BCUT2D eigenvalue weighted by atomic mass is 9.89. The second-order valence-corrected chi connectivity index (χ2v) is 27.0. The number of rotatable bonds is 29. The van der Waals surface area contributed by atoms with Gasteiger partial charge in [0.05, 0.1) is 48.8 Å². The smallest absolute Gasteiger partial charge is 0.305 e. The number of benzene rings is 4. The molecule has 0 aliphatic rings. The van der Waals surface area contributed by atoms with Crippen LogP contribution in [0, 0.1) is 45.4 Å². The fraction of sp³-hybridized carbons (Fsp3) is 0.312. The molecular formula is C80H86N8O12. The molecule has 0 saturated heterocycles. The lowest BCUT2D eigenvalue weighted by molar-refractivity contribution is -0.139. The molecule has 3 amide bonds. The average molecular weight is 1350 g/mol. The predicted molar refractivity (Wildman–Crippen MR) is 385 cm³/mol. The van der Waals surface area contributed by atoms with Gasteiger partial charge in [0.25, 0.3) is 16.7 Å². The molecule has 6 N–H and O–H groups in total. The summed E-state index contributed by atoms with van der Waals surface area (Å²) in [6, 6.07) is 36.3. The van der Waals surface area contributed by atoms with Crippen LogP contribution >= 0.6 is 0 Å². The van der Waals surface area contributed by atoms with Gasteiger partial charge in [-0.05, 0) is 186 Å². The molecule has 0 spiro atoms. The summed E-state index contributed by atoms with van der Waals surface area (Å²) >= 11 is 0. The Morgan fingerprint density at radius 1 is 0.380 bits per heavy atom. The zero-order valence-corrected chi connectivity index (χ0v) is 57.9. The summed E-state index contributed by atoms with van der Waals surface area (Å²) in [5.74, 6) is -5.12. The standard InChI is InChI=1S/C80H86N8O12/c1-46(2)35-69(86-32-14-13-23-72(86)89)78(98)83-64(43-75(92)93)55-25-24-50(8)63(38-55)61-21-15-19-59(51(61)9)53-28-33-87(73(90)41-53)71(37-48(5)6)80(100)85-66(45-77(96)97)57-27-31-82-68(40-57)62-22-16-20-60(52(62)10)54-29-34-88(74(91)42-54)70(36-47(3)4)79(99)84-65(44-76(94)95)56-26-30-81-67(39-56)58-18-12-11-17-49(58)7/h11-34,38-42,46-48,64-66,69-71H,35-37,43-45H2,1-10H3,(H,83,98)(H,84,99)(H,85,100)(H,92,93)(H,94,95)(H,96,97)/t64-,65-,66-,69-,70-,71?/m0/s1. The van der Waals surface area contributed by atoms with Gasteiger partial charge in [0.15, 0.2) is 0 Å². The van der Waals surface area contributed by atoms with Gasteiger partial charge in [0, 0.05) is 60.3 Å². The Kier molecular flexibility index (Phi) is 23.7. The predicted octanol–water partition coefficient (Wildman–Crippen LogP) is 13.3. The number of carboxylic acid groups (broad SMARTS) is 3. The Morgan fingerprint density at radius 2 is 0.760 bits per heavy atom. The molecule has 1 unspecified atom stereocenters. The van der Waals surface area contributed by atoms with E-state index in [1.165, 1.54) is 38.1 Å². The van der Waals surface area contributed by atoms with Crippen molar-refractivity contribution >= 4 is 35.6 Å². The van der Waals surface area contributed by atoms with Gasteiger partial charge in [-0.1, -0.05) is 120 Å². The Balaban J connectivity index is 0.949. The molecule has 9 aromatic rings. The molecule has 4 aromatic carbocycles. The Hall–Kier alpha value is -11.2. The van der Waals surface area contributed by atoms with Gasteiger partial charge in [-0.3, -0.25) is 53.1 Å². The van der Waals surface area contributed by atoms with Gasteiger partial charge in [-0.25, -0.2) is 0 Å². The second-order valence-electron chi connectivity index (χ2n) is 27.0. The number of carboxylic acids is 3. The average Bonchev–Trinajstić information content (AvgIpc) is 0.792. The van der Waals surface area contributed by atoms with Crippen LogP contribution in [0.15, 0.2) is 191 Å². The quantitative estimate of drug-likeness (QED) is 0.0254. The van der Waals surface area contributed by atoms with Crippen LogP contribution in [-0.2, 0) is 28.8 Å². The maximum atomic E-state index is 14.8. The Morgan fingerprint density at radius 3 is 1.19 bits per heavy atom. The van der Waals surface area contributed by atoms with E-state index in [4.69, 9.17) is 0 Å². The molecule has 0 fully saturated rings. The molecule has 6 atom stereocenters. The van der Waals surface area contributed by atoms with Crippen molar-refractivity contribution in [3.05, 3.63) is 247 Å². The molecule has 100 heavy (non-hydrogen) atoms. The first-order chi connectivity index (χ1) is 47.6. The van der Waals surface area contributed by atoms with Crippen molar-refractivity contribution in [3.63, 3.8) is 0 Å². The maximum Gasteiger partial charge on any atom is 0.305 e. The van der Waals surface area contributed by atoms with Gasteiger partial charge in [-0.15, -0.1) is 0 Å². The number of carbonyl (C=O) groups excluding carboxylic acids is 3. The van der Waals surface area contributed by atoms with E-state index in [-0.39, 0.29) is 36.2 Å². The number of nitrogens with one attached hydrogen (secondary N) is 3. The molecule has 0 saturated carbocycles. The summed E-state index contributed by atoms with van der Waals surface area (Å²) in [4.78, 5) is 132. The van der Waals surface area contributed by atoms with Gasteiger partial charge in [0.2, 0.25) is 17.7 Å². The van der Waals surface area contributed by atoms with Crippen molar-refractivity contribution in [2.24, 2.45) is 17.8 Å². The first-order valence-electron chi connectivity index (χ1n) is 33.6. The van der Waals surface area contributed by atoms with Crippen molar-refractivity contribution in [1.82, 2.24) is 39.6 Å². The number of amides is 3. The highest BCUT2D eigenvalue weighted by atomic mass is 16.4. The highest BCUT2D eigenvalue weighted by Gasteiger charge is 2.32. The summed E-state index contributed by atoms with van der Waals surface area (Å²) in [6.45, 7) is 19.2. The topological polar surface area (TPSA) is 291 Å². The summed E-state index contributed by atoms with van der Waals surface area (Å²) in [6.07, 6.45) is 7.28. The number of pyridine rings is 5. The normalized spacial score (nSPS) is 13.2. The van der Waals surface area contributed by atoms with E-state index < -0.39 is 102 Å². The zero-order chi connectivity index (χ0) is 72.2. The molecule has 5 heterocycles. The number of hydrogen-bond acceptors (Lipinski definition) is 11. The number of aromatic nitrogens is 5. The third-order valence-corrected chi connectivity index (χ3v) is 18.1. The molecular weight excluding hydrogens is 1260 g/mol. The molecule has 20 heteroatoms. The lowest BCUT2D eigenvalue weighted by Gasteiger charge is -2.26. The van der Waals surface area contributed by atoms with Gasteiger partial charge < -0.3 is 45.0 Å². The number of carbonyl (C=O) groups is 6. The number of aliphatic carboxylic acids is 3. The van der Waals surface area contributed by atoms with Crippen LogP contribution in [0.2, 0.25) is 0 Å². The van der Waals surface area contributed by atoms with Gasteiger partial charge in [-0.2, -0.15) is 0 Å². The van der Waals surface area contributed by atoms with Crippen LogP contribution in [0.25, 0.3) is 55.9 Å². The van der Waals surface area contributed by atoms with E-state index in [1.807, 2.05) is 136 Å². The largest absolute Gasteiger partial charge is 0.481 e. The highest BCUT2D eigenvalue weighted by molar-refractivity contribution is 5.85. The van der Waals surface area contributed by atoms with Crippen LogP contribution in [0.4, 0.5) is 0 Å². The van der Waals surface area contributed by atoms with E-state index in [2.05, 4.69) is 25.9 Å². The SMILES string of the molecule is Cc1ccccc1-c1cc([C@H](CC(=O)O)NC(=O)[C@H](CC(C)C)n2ccc(-c3cccc(-c4cc([C@H](CC(=O)O)NC(=O)C(CC(C)C)n5ccc(-c6cccc(-c7cc([C@H](CC(=O)O)NC(=O)[C@H](CC(C)C)n8ccccc8=O)ccc7C)c6C)cc5=O)ccn4)c3C)cc2=O)ccn1. The lowest BCUT2D eigenvalue weighted by Crippen LogP contribution is -2.40. The molecule has 0 aliphatic heterocycles. The van der Waals surface area contributed by atoms with Gasteiger partial charge in [0.1, 0.15) is 18.1 Å². The van der Waals surface area contributed by atoms with Crippen LogP contribution < -0.4 is 32.6 Å². The van der Waals surface area contributed by atoms with E-state index in [0.717, 1.165) is 38.9 Å². The Labute approximate surface area is 580 Å². The Bertz CT molecular complexity index is 4720. The van der Waals surface area contributed by atoms with Gasteiger partial charge >= 0.3 is 17.9 Å². The third kappa shape index (κ3) is 17.8. The molecule has 0 radical (unpaired) electrons. The number of nitrogens with zero attached hydrogens (tertiary/aromatic N) is 5. The summed E-state index contributed by atoms with van der Waals surface area (Å²) in [7, 11) is 0. The number of aryl methyl sites for hydroxylation is 2. The molecule has 518 valence electrons. The fourth-order valence-electron chi connectivity index (χ4n) is 13.1. The van der Waals surface area contributed by atoms with Crippen molar-refractivity contribution < 1.29 is 44.1 Å². The number of hydrogen-bond donors (Lipinski definition) is 6. The molecule has 0 aliphatic carbocycles. The minimum absolute atomic E-state index is 0.0341. The summed E-state index contributed by atoms with van der Waals surface area (Å²) in [5.41, 5.74) is 10.2. The first-order valence-corrected chi connectivity index (χ1v) is 33.6. The van der Waals surface area contributed by atoms with E-state index >= 15 is 0 Å². The molecule has 9 rings (SSSR count). The minimum atomic E-state index is -1.19. The van der Waals surface area contributed by atoms with E-state index in [0.29, 0.717) is 62.3 Å². The van der Waals surface area contributed by atoms with Crippen molar-refractivity contribution in [2.45, 2.75) is 144 Å². The maximum absolute atomic E-state index is 14.8. The second kappa shape index (κ2) is 32.5. The van der Waals surface area contributed by atoms with Crippen LogP contribution in [0.5, 0.6) is 0 Å². The van der Waals surface area contributed by atoms with Crippen molar-refractivity contribution in [2.75, 3.05) is 0 Å². The summed E-state index contributed by atoms with van der Waals surface area (Å²) < 4.78 is 4.09. The van der Waals surface area contributed by atoms with E-state index in [9.17, 15) is 58.5 Å². The van der Waals surface area contributed by atoms with Crippen molar-refractivity contribution in [1.29, 1.82) is 0 Å². The van der Waals surface area contributed by atoms with Crippen molar-refractivity contribution in [3.8, 4) is 55.9 Å². The molecule has 5 aromatic heterocycles. The molecule has 0 bridgehead atoms.